The topological polar surface area (TPSA) is 48.5 Å². The molecule has 234 valence electrons. The van der Waals surface area contributed by atoms with E-state index in [-0.39, 0.29) is 0 Å². The van der Waals surface area contributed by atoms with Gasteiger partial charge in [-0.1, -0.05) is 121 Å². The first-order valence-corrected chi connectivity index (χ1v) is 16.8. The molecule has 0 unspecified atom stereocenters. The molecule has 0 aliphatic heterocycles. The summed E-state index contributed by atoms with van der Waals surface area (Å²) in [6.07, 6.45) is 0. The van der Waals surface area contributed by atoms with Crippen molar-refractivity contribution in [2.75, 3.05) is 0 Å². The molecular weight excluding hydrogens is 611 g/mol. The molecule has 4 heterocycles. The van der Waals surface area contributed by atoms with Gasteiger partial charge in [-0.25, -0.2) is 15.0 Å². The Kier molecular flexibility index (Phi) is 6.42. The fourth-order valence-electron chi connectivity index (χ4n) is 7.28. The van der Waals surface area contributed by atoms with Crippen molar-refractivity contribution < 1.29 is 0 Å². The molecule has 0 radical (unpaired) electrons. The van der Waals surface area contributed by atoms with Crippen LogP contribution in [-0.2, 0) is 0 Å². The highest BCUT2D eigenvalue weighted by Gasteiger charge is 2.19. The van der Waals surface area contributed by atoms with E-state index in [0.29, 0.717) is 11.5 Å². The van der Waals surface area contributed by atoms with Crippen molar-refractivity contribution in [2.24, 2.45) is 0 Å². The monoisotopic (exact) mass is 639 g/mol. The van der Waals surface area contributed by atoms with Crippen LogP contribution in [0.25, 0.3) is 89.2 Å². The quantitative estimate of drug-likeness (QED) is 0.188. The summed E-state index contributed by atoms with van der Waals surface area (Å²) in [5.41, 5.74) is 10.1. The van der Waals surface area contributed by atoms with E-state index in [4.69, 9.17) is 15.0 Å². The van der Waals surface area contributed by atoms with E-state index >= 15 is 0 Å². The van der Waals surface area contributed by atoms with E-state index in [1.165, 1.54) is 27.1 Å². The molecular formula is C45H29N5. The molecule has 0 amide bonds. The van der Waals surface area contributed by atoms with E-state index in [1.54, 1.807) is 0 Å². The highest BCUT2D eigenvalue weighted by atomic mass is 15.1. The Balaban J connectivity index is 1.22. The first kappa shape index (κ1) is 28.2. The van der Waals surface area contributed by atoms with Crippen LogP contribution in [0.5, 0.6) is 0 Å². The summed E-state index contributed by atoms with van der Waals surface area (Å²) in [6, 6.07) is 61.2. The van der Waals surface area contributed by atoms with Crippen molar-refractivity contribution in [1.82, 2.24) is 24.1 Å². The second-order valence-electron chi connectivity index (χ2n) is 12.5. The Morgan fingerprint density at radius 2 is 0.840 bits per heavy atom. The minimum atomic E-state index is 0.583. The van der Waals surface area contributed by atoms with E-state index in [0.717, 1.165) is 50.6 Å². The van der Waals surface area contributed by atoms with Crippen LogP contribution in [0.3, 0.4) is 0 Å². The maximum absolute atomic E-state index is 5.29. The van der Waals surface area contributed by atoms with Crippen molar-refractivity contribution in [1.29, 1.82) is 0 Å². The molecule has 0 fully saturated rings. The van der Waals surface area contributed by atoms with Crippen molar-refractivity contribution >= 4 is 43.6 Å². The fraction of sp³-hybridized carbons (Fsp3) is 0. The van der Waals surface area contributed by atoms with Gasteiger partial charge in [-0.15, -0.1) is 0 Å². The third-order valence-corrected chi connectivity index (χ3v) is 9.54. The highest BCUT2D eigenvalue weighted by Crippen LogP contribution is 2.39. The van der Waals surface area contributed by atoms with Gasteiger partial charge in [-0.05, 0) is 54.6 Å². The molecule has 5 heteroatoms. The number of hydrogen-bond donors (Lipinski definition) is 0. The second kappa shape index (κ2) is 11.4. The van der Waals surface area contributed by atoms with Gasteiger partial charge >= 0.3 is 0 Å². The molecule has 5 nitrogen and oxygen atoms in total. The summed E-state index contributed by atoms with van der Waals surface area (Å²) in [6.45, 7) is 0. The molecule has 0 bridgehead atoms. The molecule has 4 aromatic heterocycles. The van der Waals surface area contributed by atoms with Gasteiger partial charge in [-0.3, -0.25) is 4.57 Å². The van der Waals surface area contributed by atoms with E-state index in [1.807, 2.05) is 42.5 Å². The predicted octanol–water partition coefficient (Wildman–Crippen LogP) is 11.1. The lowest BCUT2D eigenvalue weighted by Gasteiger charge is -2.12. The van der Waals surface area contributed by atoms with Gasteiger partial charge in [0.15, 0.2) is 5.82 Å². The van der Waals surface area contributed by atoms with Crippen LogP contribution < -0.4 is 0 Å². The Labute approximate surface area is 288 Å². The summed E-state index contributed by atoms with van der Waals surface area (Å²) in [5, 5.41) is 4.82. The van der Waals surface area contributed by atoms with Gasteiger partial charge in [-0.2, -0.15) is 0 Å². The van der Waals surface area contributed by atoms with Crippen LogP contribution in [0.1, 0.15) is 0 Å². The van der Waals surface area contributed by atoms with Crippen molar-refractivity contribution in [2.45, 2.75) is 0 Å². The van der Waals surface area contributed by atoms with Crippen LogP contribution in [0.4, 0.5) is 0 Å². The summed E-state index contributed by atoms with van der Waals surface area (Å²) < 4.78 is 4.64. The van der Waals surface area contributed by atoms with E-state index < -0.39 is 0 Å². The molecule has 0 aliphatic carbocycles. The number of fused-ring (bicyclic) bond motifs is 6. The summed E-state index contributed by atoms with van der Waals surface area (Å²) >= 11 is 0. The zero-order valence-corrected chi connectivity index (χ0v) is 27.0. The first-order valence-electron chi connectivity index (χ1n) is 16.8. The number of nitrogens with zero attached hydrogens (tertiary/aromatic N) is 5. The van der Waals surface area contributed by atoms with Crippen LogP contribution in [0.15, 0.2) is 176 Å². The number of pyridine rings is 1. The van der Waals surface area contributed by atoms with Crippen molar-refractivity contribution in [3.63, 3.8) is 0 Å². The lowest BCUT2D eigenvalue weighted by Crippen LogP contribution is -2.01. The third-order valence-electron chi connectivity index (χ3n) is 9.54. The zero-order chi connectivity index (χ0) is 33.0. The molecule has 0 saturated carbocycles. The lowest BCUT2D eigenvalue weighted by molar-refractivity contribution is 1.06. The standard InChI is InChI=1S/C45H29N5/c1-4-15-30(16-5-1)38-28-39(31-17-6-2-7-18-31)48-45(47-38)37-23-14-26-44(46-37)50-41-25-13-11-22-34(41)36-27-35-33-21-10-12-24-40(33)49(42(35)29-43(36)50)32-19-8-3-9-20-32/h1-29H. The normalized spacial score (nSPS) is 11.6. The van der Waals surface area contributed by atoms with Crippen LogP contribution in [0, 0.1) is 0 Å². The van der Waals surface area contributed by atoms with Gasteiger partial charge in [0.1, 0.15) is 11.5 Å². The molecule has 0 spiro atoms. The van der Waals surface area contributed by atoms with E-state index in [2.05, 4.69) is 143 Å². The van der Waals surface area contributed by atoms with Gasteiger partial charge in [0.25, 0.3) is 0 Å². The minimum Gasteiger partial charge on any atom is -0.309 e. The predicted molar refractivity (Wildman–Crippen MR) is 205 cm³/mol. The average molecular weight is 640 g/mol. The van der Waals surface area contributed by atoms with Gasteiger partial charge < -0.3 is 4.57 Å². The Hall–Kier alpha value is -6.85. The summed E-state index contributed by atoms with van der Waals surface area (Å²) in [7, 11) is 0. The molecule has 50 heavy (non-hydrogen) atoms. The molecule has 0 atom stereocenters. The zero-order valence-electron chi connectivity index (χ0n) is 27.0. The Morgan fingerprint density at radius 3 is 1.46 bits per heavy atom. The van der Waals surface area contributed by atoms with Crippen LogP contribution in [0.2, 0.25) is 0 Å². The third kappa shape index (κ3) is 4.52. The van der Waals surface area contributed by atoms with Crippen LogP contribution >= 0.6 is 0 Å². The summed E-state index contributed by atoms with van der Waals surface area (Å²) in [5.74, 6) is 1.39. The average Bonchev–Trinajstić information content (AvgIpc) is 3.70. The van der Waals surface area contributed by atoms with Gasteiger partial charge in [0, 0.05) is 38.4 Å². The first-order chi connectivity index (χ1) is 24.8. The minimum absolute atomic E-state index is 0.583. The van der Waals surface area contributed by atoms with E-state index in [9.17, 15) is 0 Å². The maximum atomic E-state index is 5.29. The Bertz CT molecular complexity index is 2800. The maximum Gasteiger partial charge on any atom is 0.179 e. The number of rotatable bonds is 5. The smallest absolute Gasteiger partial charge is 0.179 e. The van der Waals surface area contributed by atoms with Crippen molar-refractivity contribution in [3.8, 4) is 45.5 Å². The highest BCUT2D eigenvalue weighted by molar-refractivity contribution is 6.19. The number of benzene rings is 6. The Morgan fingerprint density at radius 1 is 0.320 bits per heavy atom. The number of hydrogen-bond acceptors (Lipinski definition) is 3. The molecule has 6 aromatic carbocycles. The van der Waals surface area contributed by atoms with Gasteiger partial charge in [0.2, 0.25) is 0 Å². The number of aromatic nitrogens is 5. The molecule has 0 aliphatic rings. The molecule has 0 saturated heterocycles. The lowest BCUT2D eigenvalue weighted by atomic mass is 10.1. The second-order valence-corrected chi connectivity index (χ2v) is 12.5. The fourth-order valence-corrected chi connectivity index (χ4v) is 7.28. The molecule has 0 N–H and O–H groups in total. The SMILES string of the molecule is c1ccc(-c2cc(-c3ccccc3)nc(-c3cccc(-n4c5ccccc5c5cc6c7ccccc7n(-c7ccccc7)c6cc54)n3)n2)cc1. The van der Waals surface area contributed by atoms with Gasteiger partial charge in [0.05, 0.1) is 33.5 Å². The molecule has 10 rings (SSSR count). The van der Waals surface area contributed by atoms with Crippen LogP contribution in [-0.4, -0.2) is 24.1 Å². The summed E-state index contributed by atoms with van der Waals surface area (Å²) in [4.78, 5) is 15.4. The number of para-hydroxylation sites is 3. The van der Waals surface area contributed by atoms with Crippen molar-refractivity contribution in [3.05, 3.63) is 176 Å². The largest absolute Gasteiger partial charge is 0.309 e. The molecule has 10 aromatic rings.